The summed E-state index contributed by atoms with van der Waals surface area (Å²) in [4.78, 5) is 34.8. The van der Waals surface area contributed by atoms with Crippen LogP contribution in [-0.4, -0.2) is 29.5 Å². The molecule has 0 aliphatic rings. The van der Waals surface area contributed by atoms with Crippen molar-refractivity contribution in [3.05, 3.63) is 53.1 Å². The van der Waals surface area contributed by atoms with E-state index in [1.54, 1.807) is 24.3 Å². The summed E-state index contributed by atoms with van der Waals surface area (Å²) in [5.41, 5.74) is 0.817. The Morgan fingerprint density at radius 1 is 1.08 bits per heavy atom. The first kappa shape index (κ1) is 18.3. The number of carbonyl (C=O) groups excluding carboxylic acids is 3. The largest absolute Gasteiger partial charge is 0.507 e. The molecular weight excluding hydrogens is 348 g/mol. The van der Waals surface area contributed by atoms with Gasteiger partial charge in [-0.2, -0.15) is 0 Å². The average molecular weight is 363 g/mol. The summed E-state index contributed by atoms with van der Waals surface area (Å²) in [5.74, 6) is -1.98. The number of rotatable bonds is 5. The van der Waals surface area contributed by atoms with Crippen LogP contribution in [0.2, 0.25) is 5.02 Å². The topological polar surface area (TPSA) is 105 Å². The lowest BCUT2D eigenvalue weighted by Gasteiger charge is -2.09. The molecule has 130 valence electrons. The molecule has 0 unspecified atom stereocenters. The Morgan fingerprint density at radius 2 is 1.76 bits per heavy atom. The number of esters is 1. The van der Waals surface area contributed by atoms with Crippen LogP contribution in [0, 0.1) is 0 Å². The molecule has 0 bridgehead atoms. The first-order valence-electron chi connectivity index (χ1n) is 7.18. The summed E-state index contributed by atoms with van der Waals surface area (Å²) < 4.78 is 4.85. The van der Waals surface area contributed by atoms with Crippen molar-refractivity contribution in [3.63, 3.8) is 0 Å². The predicted molar refractivity (Wildman–Crippen MR) is 92.8 cm³/mol. The fraction of sp³-hybridized carbons (Fsp3) is 0.118. The number of carbonyl (C=O) groups is 3. The Kier molecular flexibility index (Phi) is 5.97. The third-order valence-corrected chi connectivity index (χ3v) is 3.21. The molecule has 2 rings (SSSR count). The van der Waals surface area contributed by atoms with Crippen LogP contribution in [0.15, 0.2) is 42.5 Å². The Morgan fingerprint density at radius 3 is 2.44 bits per heavy atom. The Bertz CT molecular complexity index is 822. The number of nitrogens with one attached hydrogen (secondary N) is 2. The minimum atomic E-state index is -0.873. The second kappa shape index (κ2) is 8.16. The maximum atomic E-state index is 11.9. The quantitative estimate of drug-likeness (QED) is 0.709. The molecule has 0 atom stereocenters. The Labute approximate surface area is 148 Å². The standard InChI is InChI=1S/C17H15ClN2O5/c1-10(21)19-12-3-2-4-13(8-12)20-16(23)9-25-17(24)14-7-11(18)5-6-15(14)22/h2-8,22H,9H2,1H3,(H,19,21)(H,20,23). The number of amides is 2. The number of benzene rings is 2. The summed E-state index contributed by atoms with van der Waals surface area (Å²) >= 11 is 5.75. The molecule has 25 heavy (non-hydrogen) atoms. The molecule has 0 fully saturated rings. The van der Waals surface area contributed by atoms with Crippen LogP contribution in [0.5, 0.6) is 5.75 Å². The molecule has 0 aliphatic heterocycles. The molecular formula is C17H15ClN2O5. The highest BCUT2D eigenvalue weighted by atomic mass is 35.5. The molecule has 0 heterocycles. The lowest BCUT2D eigenvalue weighted by molar-refractivity contribution is -0.119. The zero-order valence-corrected chi connectivity index (χ0v) is 14.0. The highest BCUT2D eigenvalue weighted by molar-refractivity contribution is 6.31. The van der Waals surface area contributed by atoms with Crippen LogP contribution < -0.4 is 10.6 Å². The van der Waals surface area contributed by atoms with Crippen LogP contribution in [-0.2, 0) is 14.3 Å². The van der Waals surface area contributed by atoms with Crippen molar-refractivity contribution in [2.24, 2.45) is 0 Å². The van der Waals surface area contributed by atoms with E-state index in [0.29, 0.717) is 11.4 Å². The van der Waals surface area contributed by atoms with Gasteiger partial charge in [-0.1, -0.05) is 17.7 Å². The summed E-state index contributed by atoms with van der Waals surface area (Å²) in [7, 11) is 0. The van der Waals surface area contributed by atoms with Crippen molar-refractivity contribution >= 4 is 40.8 Å². The molecule has 0 saturated heterocycles. The van der Waals surface area contributed by atoms with Gasteiger partial charge < -0.3 is 20.5 Å². The molecule has 8 heteroatoms. The van der Waals surface area contributed by atoms with Crippen molar-refractivity contribution < 1.29 is 24.2 Å². The van der Waals surface area contributed by atoms with Crippen LogP contribution in [0.4, 0.5) is 11.4 Å². The molecule has 7 nitrogen and oxygen atoms in total. The number of ether oxygens (including phenoxy) is 1. The van der Waals surface area contributed by atoms with E-state index in [-0.39, 0.29) is 22.2 Å². The van der Waals surface area contributed by atoms with Crippen LogP contribution in [0.25, 0.3) is 0 Å². The number of anilines is 2. The molecule has 0 spiro atoms. The van der Waals surface area contributed by atoms with E-state index in [0.717, 1.165) is 0 Å². The number of phenols is 1. The molecule has 0 radical (unpaired) electrons. The summed E-state index contributed by atoms with van der Waals surface area (Å²) in [6.07, 6.45) is 0. The monoisotopic (exact) mass is 362 g/mol. The van der Waals surface area contributed by atoms with Gasteiger partial charge in [0, 0.05) is 23.3 Å². The fourth-order valence-electron chi connectivity index (χ4n) is 1.96. The van der Waals surface area contributed by atoms with E-state index in [9.17, 15) is 19.5 Å². The second-order valence-corrected chi connectivity index (χ2v) is 5.48. The lowest BCUT2D eigenvalue weighted by Crippen LogP contribution is -2.21. The normalized spacial score (nSPS) is 10.0. The summed E-state index contributed by atoms with van der Waals surface area (Å²) in [6, 6.07) is 10.4. The van der Waals surface area contributed by atoms with Gasteiger partial charge in [0.1, 0.15) is 11.3 Å². The summed E-state index contributed by atoms with van der Waals surface area (Å²) in [5, 5.41) is 15.0. The van der Waals surface area contributed by atoms with Gasteiger partial charge in [0.05, 0.1) is 0 Å². The molecule has 3 N–H and O–H groups in total. The lowest BCUT2D eigenvalue weighted by atomic mass is 10.2. The van der Waals surface area contributed by atoms with Crippen LogP contribution in [0.1, 0.15) is 17.3 Å². The van der Waals surface area contributed by atoms with Gasteiger partial charge in [0.25, 0.3) is 5.91 Å². The minimum absolute atomic E-state index is 0.132. The van der Waals surface area contributed by atoms with Gasteiger partial charge in [-0.3, -0.25) is 9.59 Å². The Balaban J connectivity index is 1.93. The number of aromatic hydroxyl groups is 1. The zero-order chi connectivity index (χ0) is 18.4. The highest BCUT2D eigenvalue weighted by Gasteiger charge is 2.15. The minimum Gasteiger partial charge on any atom is -0.507 e. The average Bonchev–Trinajstić information content (AvgIpc) is 2.54. The summed E-state index contributed by atoms with van der Waals surface area (Å²) in [6.45, 7) is 0.825. The van der Waals surface area contributed by atoms with Crippen LogP contribution in [0.3, 0.4) is 0 Å². The van der Waals surface area contributed by atoms with Crippen molar-refractivity contribution in [2.75, 3.05) is 17.2 Å². The SMILES string of the molecule is CC(=O)Nc1cccc(NC(=O)COC(=O)c2cc(Cl)ccc2O)c1. The number of halogens is 1. The molecule has 2 aromatic carbocycles. The van der Waals surface area contributed by atoms with E-state index in [2.05, 4.69) is 10.6 Å². The van der Waals surface area contributed by atoms with Crippen molar-refractivity contribution in [2.45, 2.75) is 6.92 Å². The van der Waals surface area contributed by atoms with Crippen molar-refractivity contribution in [1.82, 2.24) is 0 Å². The van der Waals surface area contributed by atoms with Gasteiger partial charge in [-0.25, -0.2) is 4.79 Å². The third kappa shape index (κ3) is 5.50. The maximum absolute atomic E-state index is 11.9. The molecule has 0 saturated carbocycles. The molecule has 2 aromatic rings. The van der Waals surface area contributed by atoms with Gasteiger partial charge >= 0.3 is 5.97 Å². The number of hydrogen-bond donors (Lipinski definition) is 3. The van der Waals surface area contributed by atoms with Gasteiger partial charge in [-0.05, 0) is 36.4 Å². The zero-order valence-electron chi connectivity index (χ0n) is 13.2. The van der Waals surface area contributed by atoms with E-state index < -0.39 is 18.5 Å². The maximum Gasteiger partial charge on any atom is 0.342 e. The molecule has 2 amide bonds. The van der Waals surface area contributed by atoms with E-state index in [4.69, 9.17) is 16.3 Å². The van der Waals surface area contributed by atoms with E-state index in [1.165, 1.54) is 25.1 Å². The molecule has 0 aromatic heterocycles. The number of phenolic OH excluding ortho intramolecular Hbond substituents is 1. The predicted octanol–water partition coefficient (Wildman–Crippen LogP) is 2.80. The van der Waals surface area contributed by atoms with Crippen molar-refractivity contribution in [3.8, 4) is 5.75 Å². The highest BCUT2D eigenvalue weighted by Crippen LogP contribution is 2.22. The van der Waals surface area contributed by atoms with Crippen molar-refractivity contribution in [1.29, 1.82) is 0 Å². The van der Waals surface area contributed by atoms with E-state index in [1.807, 2.05) is 0 Å². The molecule has 0 aliphatic carbocycles. The first-order valence-corrected chi connectivity index (χ1v) is 7.56. The van der Waals surface area contributed by atoms with Crippen LogP contribution >= 0.6 is 11.6 Å². The first-order chi connectivity index (χ1) is 11.8. The second-order valence-electron chi connectivity index (χ2n) is 5.05. The van der Waals surface area contributed by atoms with Gasteiger partial charge in [0.15, 0.2) is 6.61 Å². The third-order valence-electron chi connectivity index (χ3n) is 2.98. The Hall–Kier alpha value is -3.06. The fourth-order valence-corrected chi connectivity index (χ4v) is 2.13. The van der Waals surface area contributed by atoms with E-state index >= 15 is 0 Å². The smallest absolute Gasteiger partial charge is 0.342 e. The van der Waals surface area contributed by atoms with Gasteiger partial charge in [0.2, 0.25) is 5.91 Å². The number of hydrogen-bond acceptors (Lipinski definition) is 5. The van der Waals surface area contributed by atoms with Gasteiger partial charge in [-0.15, -0.1) is 0 Å².